The average Bonchev–Trinajstić information content (AvgIpc) is 3.23. The fraction of sp³-hybridized carbons (Fsp3) is 0.222. The summed E-state index contributed by atoms with van der Waals surface area (Å²) in [6.07, 6.45) is 2.09. The number of amides is 1. The summed E-state index contributed by atoms with van der Waals surface area (Å²) in [5.74, 6) is 0.425. The highest BCUT2D eigenvalue weighted by molar-refractivity contribution is 7.99. The van der Waals surface area contributed by atoms with Crippen molar-refractivity contribution in [1.29, 1.82) is 0 Å². The van der Waals surface area contributed by atoms with Gasteiger partial charge >= 0.3 is 0 Å². The first-order valence-electron chi connectivity index (χ1n) is 8.41. The normalized spacial score (nSPS) is 15.8. The highest BCUT2D eigenvalue weighted by Gasteiger charge is 2.26. The number of carbonyl (C=O) groups excluding carboxylic acids is 1. The van der Waals surface area contributed by atoms with E-state index in [1.165, 1.54) is 42.0 Å². The van der Waals surface area contributed by atoms with Crippen LogP contribution in [0.5, 0.6) is 5.75 Å². The fourth-order valence-corrected chi connectivity index (χ4v) is 4.50. The molecule has 0 spiro atoms. The lowest BCUT2D eigenvalue weighted by molar-refractivity contribution is 0.0931. The van der Waals surface area contributed by atoms with Gasteiger partial charge in [0, 0.05) is 16.7 Å². The Kier molecular flexibility index (Phi) is 5.19. The Labute approximate surface area is 169 Å². The van der Waals surface area contributed by atoms with Crippen LogP contribution in [0.4, 0.5) is 4.39 Å². The Morgan fingerprint density at radius 3 is 3.04 bits per heavy atom. The molecule has 1 atom stereocenters. The standard InChI is InChI=1S/C18H15ClFN5O2S/c1-27-16-8-15(25-9-21-23-24-25)12(19)7-11(16)18(26)22-14-5-6-28-17-10(14)3-2-4-13(17)20/h2-4,7-9,14H,5-6H2,1H3,(H,22,26). The van der Waals surface area contributed by atoms with Gasteiger partial charge in [-0.3, -0.25) is 4.79 Å². The summed E-state index contributed by atoms with van der Waals surface area (Å²) in [4.78, 5) is 13.5. The van der Waals surface area contributed by atoms with Gasteiger partial charge in [-0.1, -0.05) is 23.7 Å². The monoisotopic (exact) mass is 419 g/mol. The number of rotatable bonds is 4. The van der Waals surface area contributed by atoms with E-state index in [9.17, 15) is 9.18 Å². The van der Waals surface area contributed by atoms with Crippen LogP contribution in [0.25, 0.3) is 5.69 Å². The first-order chi connectivity index (χ1) is 13.6. The summed E-state index contributed by atoms with van der Waals surface area (Å²) < 4.78 is 20.8. The van der Waals surface area contributed by atoms with Gasteiger partial charge < -0.3 is 10.1 Å². The van der Waals surface area contributed by atoms with Gasteiger partial charge in [0.25, 0.3) is 5.91 Å². The Morgan fingerprint density at radius 1 is 1.43 bits per heavy atom. The van der Waals surface area contributed by atoms with E-state index in [0.29, 0.717) is 27.8 Å². The maximum Gasteiger partial charge on any atom is 0.255 e. The second-order valence-electron chi connectivity index (χ2n) is 6.08. The molecule has 10 heteroatoms. The van der Waals surface area contributed by atoms with Gasteiger partial charge in [0.1, 0.15) is 17.9 Å². The van der Waals surface area contributed by atoms with Crippen LogP contribution in [0.2, 0.25) is 5.02 Å². The average molecular weight is 420 g/mol. The largest absolute Gasteiger partial charge is 0.496 e. The van der Waals surface area contributed by atoms with Crippen molar-refractivity contribution in [3.05, 3.63) is 58.6 Å². The molecule has 1 N–H and O–H groups in total. The van der Waals surface area contributed by atoms with Gasteiger partial charge in [-0.25, -0.2) is 4.39 Å². The van der Waals surface area contributed by atoms with E-state index in [0.717, 1.165) is 11.3 Å². The minimum absolute atomic E-state index is 0.270. The number of hydrogen-bond donors (Lipinski definition) is 1. The Balaban J connectivity index is 1.65. The minimum Gasteiger partial charge on any atom is -0.496 e. The van der Waals surface area contributed by atoms with E-state index in [-0.39, 0.29) is 23.3 Å². The highest BCUT2D eigenvalue weighted by atomic mass is 35.5. The molecule has 0 radical (unpaired) electrons. The molecule has 3 aromatic rings. The fourth-order valence-electron chi connectivity index (χ4n) is 3.11. The highest BCUT2D eigenvalue weighted by Crippen LogP contribution is 2.38. The van der Waals surface area contributed by atoms with E-state index < -0.39 is 0 Å². The van der Waals surface area contributed by atoms with Crippen LogP contribution in [0.15, 0.2) is 41.6 Å². The third-order valence-electron chi connectivity index (χ3n) is 4.44. The smallest absolute Gasteiger partial charge is 0.255 e. The number of carbonyl (C=O) groups is 1. The van der Waals surface area contributed by atoms with Crippen molar-refractivity contribution in [2.24, 2.45) is 0 Å². The van der Waals surface area contributed by atoms with Crippen LogP contribution in [-0.2, 0) is 0 Å². The number of ether oxygens (including phenoxy) is 1. The molecule has 2 aromatic carbocycles. The first-order valence-corrected chi connectivity index (χ1v) is 9.78. The molecule has 28 heavy (non-hydrogen) atoms. The van der Waals surface area contributed by atoms with E-state index in [4.69, 9.17) is 16.3 Å². The zero-order valence-electron chi connectivity index (χ0n) is 14.7. The van der Waals surface area contributed by atoms with Crippen molar-refractivity contribution in [2.45, 2.75) is 17.4 Å². The molecule has 2 heterocycles. The third-order valence-corrected chi connectivity index (χ3v) is 5.90. The van der Waals surface area contributed by atoms with Crippen LogP contribution in [0.3, 0.4) is 0 Å². The zero-order chi connectivity index (χ0) is 19.7. The van der Waals surface area contributed by atoms with Gasteiger partial charge in [0.15, 0.2) is 0 Å². The minimum atomic E-state index is -0.353. The molecule has 0 aliphatic carbocycles. The molecule has 1 unspecified atom stereocenters. The molecule has 1 aliphatic rings. The summed E-state index contributed by atoms with van der Waals surface area (Å²) in [6.45, 7) is 0. The molecule has 4 rings (SSSR count). The third kappa shape index (κ3) is 3.43. The molecule has 0 saturated heterocycles. The van der Waals surface area contributed by atoms with Gasteiger partial charge in [0.05, 0.1) is 29.4 Å². The van der Waals surface area contributed by atoms with Crippen LogP contribution in [0, 0.1) is 5.82 Å². The molecular formula is C18H15ClFN5O2S. The summed E-state index contributed by atoms with van der Waals surface area (Å²) in [5, 5.41) is 14.2. The van der Waals surface area contributed by atoms with E-state index in [2.05, 4.69) is 20.8 Å². The van der Waals surface area contributed by atoms with E-state index in [1.54, 1.807) is 12.1 Å². The quantitative estimate of drug-likeness (QED) is 0.697. The van der Waals surface area contributed by atoms with Crippen molar-refractivity contribution < 1.29 is 13.9 Å². The number of tetrazole rings is 1. The van der Waals surface area contributed by atoms with E-state index in [1.807, 2.05) is 6.07 Å². The maximum atomic E-state index is 14.1. The van der Waals surface area contributed by atoms with Gasteiger partial charge in [-0.05, 0) is 34.5 Å². The lowest BCUT2D eigenvalue weighted by atomic mass is 10.0. The molecule has 144 valence electrons. The van der Waals surface area contributed by atoms with Crippen LogP contribution in [0.1, 0.15) is 28.4 Å². The lowest BCUT2D eigenvalue weighted by Crippen LogP contribution is -2.31. The summed E-state index contributed by atoms with van der Waals surface area (Å²) in [5.41, 5.74) is 1.54. The van der Waals surface area contributed by atoms with Gasteiger partial charge in [-0.2, -0.15) is 4.68 Å². The van der Waals surface area contributed by atoms with Crippen molar-refractivity contribution in [2.75, 3.05) is 12.9 Å². The van der Waals surface area contributed by atoms with E-state index >= 15 is 0 Å². The second-order valence-corrected chi connectivity index (χ2v) is 7.59. The topological polar surface area (TPSA) is 81.9 Å². The van der Waals surface area contributed by atoms with Crippen molar-refractivity contribution in [3.8, 4) is 11.4 Å². The SMILES string of the molecule is COc1cc(-n2cnnn2)c(Cl)cc1C(=O)NC1CCSc2c(F)cccc21. The predicted molar refractivity (Wildman–Crippen MR) is 103 cm³/mol. The number of halogens is 2. The summed E-state index contributed by atoms with van der Waals surface area (Å²) >= 11 is 7.79. The molecular weight excluding hydrogens is 405 g/mol. The molecule has 1 aromatic heterocycles. The Hall–Kier alpha value is -2.65. The number of aromatic nitrogens is 4. The molecule has 0 saturated carbocycles. The molecule has 0 fully saturated rings. The van der Waals surface area contributed by atoms with Crippen molar-refractivity contribution in [3.63, 3.8) is 0 Å². The number of hydrogen-bond acceptors (Lipinski definition) is 6. The molecule has 0 bridgehead atoms. The maximum absolute atomic E-state index is 14.1. The van der Waals surface area contributed by atoms with Crippen molar-refractivity contribution in [1.82, 2.24) is 25.5 Å². The van der Waals surface area contributed by atoms with Crippen LogP contribution < -0.4 is 10.1 Å². The number of nitrogens with one attached hydrogen (secondary N) is 1. The first kappa shape index (κ1) is 18.7. The molecule has 1 amide bonds. The Bertz CT molecular complexity index is 1030. The second kappa shape index (κ2) is 7.76. The molecule has 7 nitrogen and oxygen atoms in total. The number of methoxy groups -OCH3 is 1. The van der Waals surface area contributed by atoms with Crippen molar-refractivity contribution >= 4 is 29.3 Å². The van der Waals surface area contributed by atoms with Gasteiger partial charge in [-0.15, -0.1) is 16.9 Å². The summed E-state index contributed by atoms with van der Waals surface area (Å²) in [6, 6.07) is 7.73. The molecule has 1 aliphatic heterocycles. The number of thioether (sulfide) groups is 1. The predicted octanol–water partition coefficient (Wildman–Crippen LogP) is 3.43. The number of benzene rings is 2. The van der Waals surface area contributed by atoms with Crippen LogP contribution >= 0.6 is 23.4 Å². The number of fused-ring (bicyclic) bond motifs is 1. The number of nitrogens with zero attached hydrogens (tertiary/aromatic N) is 4. The van der Waals surface area contributed by atoms with Crippen LogP contribution in [-0.4, -0.2) is 39.0 Å². The zero-order valence-corrected chi connectivity index (χ0v) is 16.3. The summed E-state index contributed by atoms with van der Waals surface area (Å²) in [7, 11) is 1.46. The Morgan fingerprint density at radius 2 is 2.29 bits per heavy atom. The van der Waals surface area contributed by atoms with Gasteiger partial charge in [0.2, 0.25) is 0 Å². The lowest BCUT2D eigenvalue weighted by Gasteiger charge is -2.26.